The lowest BCUT2D eigenvalue weighted by Crippen LogP contribution is -2.29. The lowest BCUT2D eigenvalue weighted by Gasteiger charge is -2.12. The van der Waals surface area contributed by atoms with Crippen LogP contribution in [-0.2, 0) is 0 Å². The number of aliphatic hydroxyl groups is 2. The second kappa shape index (κ2) is 11.3. The second-order valence-electron chi connectivity index (χ2n) is 8.46. The van der Waals surface area contributed by atoms with Crippen LogP contribution in [0.3, 0.4) is 0 Å². The van der Waals surface area contributed by atoms with E-state index in [1.807, 2.05) is 0 Å². The number of amides is 1. The topological polar surface area (TPSA) is 167 Å². The van der Waals surface area contributed by atoms with Crippen molar-refractivity contribution in [3.8, 4) is 17.2 Å². The van der Waals surface area contributed by atoms with E-state index in [-0.39, 0.29) is 40.8 Å². The molecule has 0 aliphatic rings. The van der Waals surface area contributed by atoms with Gasteiger partial charge in [-0.1, -0.05) is 0 Å². The molecule has 14 heteroatoms. The smallest absolute Gasteiger partial charge is 0.284 e. The van der Waals surface area contributed by atoms with Gasteiger partial charge in [-0.25, -0.2) is 13.8 Å². The third kappa shape index (κ3) is 5.48. The molecule has 5 aromatic rings. The number of carbonyl (C=O) groups is 1. The van der Waals surface area contributed by atoms with Crippen LogP contribution in [0.4, 0.5) is 20.3 Å². The summed E-state index contributed by atoms with van der Waals surface area (Å²) in [7, 11) is 0. The van der Waals surface area contributed by atoms with Gasteiger partial charge in [-0.3, -0.25) is 14.7 Å². The fourth-order valence-corrected chi connectivity index (χ4v) is 3.74. The normalized spacial score (nSPS) is 11.8. The molecule has 1 unspecified atom stereocenters. The number of anilines is 2. The summed E-state index contributed by atoms with van der Waals surface area (Å²) in [4.78, 5) is 29.8. The van der Waals surface area contributed by atoms with Gasteiger partial charge in [0, 0.05) is 36.8 Å². The molecule has 0 saturated heterocycles. The molecule has 0 aliphatic heterocycles. The van der Waals surface area contributed by atoms with Crippen molar-refractivity contribution < 1.29 is 28.5 Å². The van der Waals surface area contributed by atoms with Crippen molar-refractivity contribution in [2.75, 3.05) is 23.8 Å². The van der Waals surface area contributed by atoms with Crippen LogP contribution in [0.5, 0.6) is 11.5 Å². The molecule has 0 bridgehead atoms. The minimum absolute atomic E-state index is 0.00000575. The van der Waals surface area contributed by atoms with Crippen LogP contribution < -0.4 is 20.9 Å². The molecule has 3 heterocycles. The highest BCUT2D eigenvalue weighted by molar-refractivity contribution is 6.04. The average Bonchev–Trinajstić information content (AvgIpc) is 3.38. The quantitative estimate of drug-likeness (QED) is 0.186. The van der Waals surface area contributed by atoms with E-state index in [2.05, 4.69) is 30.9 Å². The van der Waals surface area contributed by atoms with E-state index in [9.17, 15) is 19.1 Å². The number of pyridine rings is 1. The van der Waals surface area contributed by atoms with Crippen LogP contribution in [0.1, 0.15) is 10.4 Å². The molecule has 3 aromatic heterocycles. The van der Waals surface area contributed by atoms with Crippen LogP contribution in [-0.4, -0.2) is 60.3 Å². The zero-order valence-corrected chi connectivity index (χ0v) is 20.5. The fraction of sp³-hybridized carbons (Fsp3) is 0.115. The van der Waals surface area contributed by atoms with E-state index in [4.69, 9.17) is 9.84 Å². The Bertz CT molecular complexity index is 1740. The molecular formula is C26H21F2N7O5. The van der Waals surface area contributed by atoms with Gasteiger partial charge in [-0.05, 0) is 42.5 Å². The maximum atomic E-state index is 15.0. The Labute approximate surface area is 223 Å². The number of hydrogen-bond donors (Lipinski definition) is 5. The van der Waals surface area contributed by atoms with Gasteiger partial charge in [0.1, 0.15) is 22.5 Å². The van der Waals surface area contributed by atoms with E-state index >= 15 is 4.39 Å². The molecule has 0 spiro atoms. The molecule has 0 radical (unpaired) electrons. The Morgan fingerprint density at radius 3 is 2.62 bits per heavy atom. The molecule has 5 N–H and O–H groups in total. The molecule has 0 aliphatic carbocycles. The number of fused-ring (bicyclic) bond motifs is 1. The number of hydrogen-bond acceptors (Lipinski definition) is 9. The molecule has 5 rings (SSSR count). The molecule has 40 heavy (non-hydrogen) atoms. The predicted octanol–water partition coefficient (Wildman–Crippen LogP) is 2.59. The first kappa shape index (κ1) is 26.4. The van der Waals surface area contributed by atoms with Gasteiger partial charge < -0.3 is 25.6 Å². The highest BCUT2D eigenvalue weighted by Crippen LogP contribution is 2.34. The SMILES string of the molecule is O=C(Nc1ccc(Oc2ccnc3[nH]nc(NCC(O)CO)c23)c(F)c1)c1ccnn(-c2ccc(F)cc2)c1=O. The summed E-state index contributed by atoms with van der Waals surface area (Å²) in [5, 5.41) is 35.1. The van der Waals surface area contributed by atoms with Gasteiger partial charge in [0.2, 0.25) is 0 Å². The number of nitrogens with one attached hydrogen (secondary N) is 3. The Morgan fingerprint density at radius 2 is 1.88 bits per heavy atom. The predicted molar refractivity (Wildman–Crippen MR) is 140 cm³/mol. The van der Waals surface area contributed by atoms with E-state index < -0.39 is 35.8 Å². The van der Waals surface area contributed by atoms with Gasteiger partial charge >= 0.3 is 0 Å². The Balaban J connectivity index is 1.35. The number of benzene rings is 2. The summed E-state index contributed by atoms with van der Waals surface area (Å²) in [5.74, 6) is -1.79. The van der Waals surface area contributed by atoms with Gasteiger partial charge in [0.15, 0.2) is 23.0 Å². The van der Waals surface area contributed by atoms with Gasteiger partial charge in [0.25, 0.3) is 11.5 Å². The molecular weight excluding hydrogens is 528 g/mol. The first-order chi connectivity index (χ1) is 19.3. The number of ether oxygens (including phenoxy) is 1. The third-order valence-electron chi connectivity index (χ3n) is 5.71. The lowest BCUT2D eigenvalue weighted by atomic mass is 10.2. The maximum absolute atomic E-state index is 15.0. The standard InChI is InChI=1S/C26H21F2N7O5/c27-14-1-4-16(5-2-14)35-26(39)18(7-10-31-35)25(38)32-15-3-6-20(19(28)11-15)40-21-8-9-29-23-22(21)24(34-33-23)30-12-17(37)13-36/h1-11,17,36-37H,12-13H2,(H,32,38)(H2,29,30,33,34). The zero-order valence-electron chi connectivity index (χ0n) is 20.5. The molecule has 204 valence electrons. The number of aromatic amines is 1. The van der Waals surface area contributed by atoms with Crippen LogP contribution in [0.25, 0.3) is 16.7 Å². The number of aliphatic hydroxyl groups excluding tert-OH is 2. The number of halogens is 2. The van der Waals surface area contributed by atoms with Crippen molar-refractivity contribution in [2.24, 2.45) is 0 Å². The second-order valence-corrected chi connectivity index (χ2v) is 8.46. The summed E-state index contributed by atoms with van der Waals surface area (Å²) in [6.07, 6.45) is 1.66. The van der Waals surface area contributed by atoms with Gasteiger partial charge in [0.05, 0.1) is 18.4 Å². The molecule has 0 fully saturated rings. The van der Waals surface area contributed by atoms with E-state index in [1.54, 1.807) is 0 Å². The monoisotopic (exact) mass is 549 g/mol. The highest BCUT2D eigenvalue weighted by Gasteiger charge is 2.18. The lowest BCUT2D eigenvalue weighted by molar-refractivity contribution is 0.102. The number of aromatic nitrogens is 5. The van der Waals surface area contributed by atoms with Gasteiger partial charge in [-0.15, -0.1) is 0 Å². The van der Waals surface area contributed by atoms with Crippen molar-refractivity contribution in [3.05, 3.63) is 94.5 Å². The molecule has 1 amide bonds. The summed E-state index contributed by atoms with van der Waals surface area (Å²) in [5.41, 5.74) is -0.343. The third-order valence-corrected chi connectivity index (χ3v) is 5.71. The van der Waals surface area contributed by atoms with Crippen LogP contribution >= 0.6 is 0 Å². The van der Waals surface area contributed by atoms with E-state index in [0.29, 0.717) is 11.0 Å². The number of H-pyrrole nitrogens is 1. The zero-order chi connectivity index (χ0) is 28.2. The van der Waals surface area contributed by atoms with Crippen LogP contribution in [0.2, 0.25) is 0 Å². The van der Waals surface area contributed by atoms with Crippen molar-refractivity contribution >= 4 is 28.4 Å². The highest BCUT2D eigenvalue weighted by atomic mass is 19.1. The average molecular weight is 549 g/mol. The fourth-order valence-electron chi connectivity index (χ4n) is 3.74. The molecule has 0 saturated carbocycles. The minimum atomic E-state index is -1.02. The Morgan fingerprint density at radius 1 is 1.07 bits per heavy atom. The molecule has 1 atom stereocenters. The number of carbonyl (C=O) groups excluding carboxylic acids is 1. The van der Waals surface area contributed by atoms with Crippen LogP contribution in [0, 0.1) is 11.6 Å². The van der Waals surface area contributed by atoms with Crippen molar-refractivity contribution in [1.29, 1.82) is 0 Å². The molecule has 12 nitrogen and oxygen atoms in total. The molecule has 2 aromatic carbocycles. The summed E-state index contributed by atoms with van der Waals surface area (Å²) in [6, 6.07) is 11.4. The maximum Gasteiger partial charge on any atom is 0.284 e. The minimum Gasteiger partial charge on any atom is -0.453 e. The summed E-state index contributed by atoms with van der Waals surface area (Å²) < 4.78 is 35.0. The Hall–Kier alpha value is -5.21. The largest absolute Gasteiger partial charge is 0.453 e. The van der Waals surface area contributed by atoms with Crippen LogP contribution in [0.15, 0.2) is 71.8 Å². The first-order valence-electron chi connectivity index (χ1n) is 11.8. The number of rotatable bonds is 9. The van der Waals surface area contributed by atoms with Crippen molar-refractivity contribution in [2.45, 2.75) is 6.10 Å². The number of nitrogens with zero attached hydrogens (tertiary/aromatic N) is 4. The van der Waals surface area contributed by atoms with Gasteiger partial charge in [-0.2, -0.15) is 14.9 Å². The van der Waals surface area contributed by atoms with Crippen molar-refractivity contribution in [1.82, 2.24) is 25.0 Å². The Kier molecular flexibility index (Phi) is 7.43. The van der Waals surface area contributed by atoms with Crippen molar-refractivity contribution in [3.63, 3.8) is 0 Å². The summed E-state index contributed by atoms with van der Waals surface area (Å²) in [6.45, 7) is -0.448. The first-order valence-corrected chi connectivity index (χ1v) is 11.8. The summed E-state index contributed by atoms with van der Waals surface area (Å²) >= 11 is 0. The van der Waals surface area contributed by atoms with E-state index in [0.717, 1.165) is 22.9 Å². The van der Waals surface area contributed by atoms with E-state index in [1.165, 1.54) is 48.8 Å².